The molecule has 0 aliphatic heterocycles. The van der Waals surface area contributed by atoms with Crippen molar-refractivity contribution < 1.29 is 0 Å². The first kappa shape index (κ1) is 15.7. The van der Waals surface area contributed by atoms with E-state index in [1.165, 1.54) is 10.0 Å². The van der Waals surface area contributed by atoms with Crippen LogP contribution in [0.25, 0.3) is 0 Å². The molecule has 0 saturated carbocycles. The minimum Gasteiger partial charge on any atom is -0.315 e. The molecule has 0 aliphatic rings. The Hall–Kier alpha value is -0.380. The fourth-order valence-electron chi connectivity index (χ4n) is 2.39. The third-order valence-electron chi connectivity index (χ3n) is 4.22. The van der Waals surface area contributed by atoms with Crippen LogP contribution in [0.4, 0.5) is 0 Å². The Balaban J connectivity index is 2.94. The van der Waals surface area contributed by atoms with Gasteiger partial charge in [0.05, 0.1) is 0 Å². The number of likely N-dealkylation sites (N-methyl/N-ethyl adjacent to an activating group) is 2. The molecule has 2 atom stereocenters. The van der Waals surface area contributed by atoms with Crippen LogP contribution in [0.3, 0.4) is 0 Å². The van der Waals surface area contributed by atoms with Crippen LogP contribution in [0.5, 0.6) is 0 Å². The van der Waals surface area contributed by atoms with E-state index in [1.807, 2.05) is 0 Å². The molecule has 2 nitrogen and oxygen atoms in total. The standard InChI is InChI=1S/C15H25BrN2/c1-6-15(2,18(4)5)14(17-3)11-12-9-7-8-10-13(12)16/h7-10,14,17H,6,11H2,1-5H3. The van der Waals surface area contributed by atoms with Crippen LogP contribution in [0, 0.1) is 0 Å². The van der Waals surface area contributed by atoms with Gasteiger partial charge in [-0.05, 0) is 52.5 Å². The van der Waals surface area contributed by atoms with Crippen molar-refractivity contribution >= 4 is 15.9 Å². The summed E-state index contributed by atoms with van der Waals surface area (Å²) < 4.78 is 1.20. The number of nitrogens with one attached hydrogen (secondary N) is 1. The number of rotatable bonds is 6. The predicted molar refractivity (Wildman–Crippen MR) is 83.1 cm³/mol. The lowest BCUT2D eigenvalue weighted by molar-refractivity contribution is 0.116. The molecule has 0 aromatic heterocycles. The van der Waals surface area contributed by atoms with E-state index in [0.717, 1.165) is 12.8 Å². The molecule has 0 radical (unpaired) electrons. The summed E-state index contributed by atoms with van der Waals surface area (Å²) in [5.41, 5.74) is 1.52. The van der Waals surface area contributed by atoms with Gasteiger partial charge in [-0.3, -0.25) is 0 Å². The highest BCUT2D eigenvalue weighted by atomic mass is 79.9. The highest BCUT2D eigenvalue weighted by Gasteiger charge is 2.33. The first-order valence-electron chi connectivity index (χ1n) is 6.53. The molecule has 3 heteroatoms. The van der Waals surface area contributed by atoms with E-state index in [9.17, 15) is 0 Å². The summed E-state index contributed by atoms with van der Waals surface area (Å²) in [6.45, 7) is 4.58. The first-order chi connectivity index (χ1) is 8.45. The second kappa shape index (κ2) is 6.69. The summed E-state index contributed by atoms with van der Waals surface area (Å²) >= 11 is 3.64. The topological polar surface area (TPSA) is 15.3 Å². The largest absolute Gasteiger partial charge is 0.315 e. The van der Waals surface area contributed by atoms with Crippen LogP contribution in [0.2, 0.25) is 0 Å². The number of hydrogen-bond donors (Lipinski definition) is 1. The van der Waals surface area contributed by atoms with E-state index in [4.69, 9.17) is 0 Å². The fraction of sp³-hybridized carbons (Fsp3) is 0.600. The van der Waals surface area contributed by atoms with Crippen molar-refractivity contribution in [2.75, 3.05) is 21.1 Å². The molecular formula is C15H25BrN2. The molecule has 1 rings (SSSR count). The van der Waals surface area contributed by atoms with Crippen LogP contribution in [0.15, 0.2) is 28.7 Å². The van der Waals surface area contributed by atoms with Gasteiger partial charge in [-0.25, -0.2) is 0 Å². The highest BCUT2D eigenvalue weighted by Crippen LogP contribution is 2.26. The molecule has 0 fully saturated rings. The second-order valence-electron chi connectivity index (χ2n) is 5.24. The molecule has 1 aromatic rings. The fourth-order valence-corrected chi connectivity index (χ4v) is 2.84. The zero-order valence-corrected chi connectivity index (χ0v) is 13.7. The van der Waals surface area contributed by atoms with Gasteiger partial charge >= 0.3 is 0 Å². The van der Waals surface area contributed by atoms with E-state index in [0.29, 0.717) is 6.04 Å². The maximum absolute atomic E-state index is 3.64. The Morgan fingerprint density at radius 3 is 2.39 bits per heavy atom. The molecular weight excluding hydrogens is 288 g/mol. The zero-order valence-electron chi connectivity index (χ0n) is 12.1. The Morgan fingerprint density at radius 1 is 1.33 bits per heavy atom. The molecule has 1 aromatic carbocycles. The van der Waals surface area contributed by atoms with Gasteiger partial charge in [-0.1, -0.05) is 41.1 Å². The molecule has 1 N–H and O–H groups in total. The summed E-state index contributed by atoms with van der Waals surface area (Å²) in [6.07, 6.45) is 2.15. The van der Waals surface area contributed by atoms with Gasteiger partial charge in [0.1, 0.15) is 0 Å². The van der Waals surface area contributed by atoms with E-state index in [1.54, 1.807) is 0 Å². The lowest BCUT2D eigenvalue weighted by Gasteiger charge is -2.43. The van der Waals surface area contributed by atoms with Crippen LogP contribution in [-0.4, -0.2) is 37.6 Å². The summed E-state index contributed by atoms with van der Waals surface area (Å²) in [4.78, 5) is 2.32. The van der Waals surface area contributed by atoms with Crippen molar-refractivity contribution in [2.24, 2.45) is 0 Å². The van der Waals surface area contributed by atoms with Crippen molar-refractivity contribution in [2.45, 2.75) is 38.3 Å². The highest BCUT2D eigenvalue weighted by molar-refractivity contribution is 9.10. The smallest absolute Gasteiger partial charge is 0.0328 e. The van der Waals surface area contributed by atoms with Crippen LogP contribution in [0.1, 0.15) is 25.8 Å². The van der Waals surface area contributed by atoms with Gasteiger partial charge in [0, 0.05) is 16.1 Å². The Kier molecular flexibility index (Phi) is 5.83. The molecule has 0 heterocycles. The minimum absolute atomic E-state index is 0.157. The van der Waals surface area contributed by atoms with Gasteiger partial charge in [0.2, 0.25) is 0 Å². The number of hydrogen-bond acceptors (Lipinski definition) is 2. The second-order valence-corrected chi connectivity index (χ2v) is 6.10. The third-order valence-corrected chi connectivity index (χ3v) is 4.99. The van der Waals surface area contributed by atoms with Crippen molar-refractivity contribution in [3.63, 3.8) is 0 Å². The molecule has 0 spiro atoms. The van der Waals surface area contributed by atoms with E-state index in [-0.39, 0.29) is 5.54 Å². The molecule has 2 unspecified atom stereocenters. The van der Waals surface area contributed by atoms with Crippen LogP contribution < -0.4 is 5.32 Å². The lowest BCUT2D eigenvalue weighted by atomic mass is 9.84. The Bertz CT molecular complexity index is 379. The molecule has 0 saturated heterocycles. The van der Waals surface area contributed by atoms with Crippen molar-refractivity contribution in [3.8, 4) is 0 Å². The maximum Gasteiger partial charge on any atom is 0.0328 e. The van der Waals surface area contributed by atoms with Gasteiger partial charge < -0.3 is 10.2 Å². The Morgan fingerprint density at radius 2 is 1.94 bits per heavy atom. The minimum atomic E-state index is 0.157. The lowest BCUT2D eigenvalue weighted by Crippen LogP contribution is -2.57. The quantitative estimate of drug-likeness (QED) is 0.867. The summed E-state index contributed by atoms with van der Waals surface area (Å²) in [5, 5.41) is 3.49. The molecule has 0 bridgehead atoms. The van der Waals surface area contributed by atoms with E-state index in [2.05, 4.69) is 85.4 Å². The van der Waals surface area contributed by atoms with E-state index >= 15 is 0 Å². The molecule has 18 heavy (non-hydrogen) atoms. The monoisotopic (exact) mass is 312 g/mol. The summed E-state index contributed by atoms with van der Waals surface area (Å²) in [5.74, 6) is 0. The van der Waals surface area contributed by atoms with Gasteiger partial charge in [0.15, 0.2) is 0 Å². The average Bonchev–Trinajstić information content (AvgIpc) is 2.36. The van der Waals surface area contributed by atoms with Crippen molar-refractivity contribution in [1.82, 2.24) is 10.2 Å². The molecule has 102 valence electrons. The Labute approximate surface area is 120 Å². The maximum atomic E-state index is 3.64. The van der Waals surface area contributed by atoms with Crippen LogP contribution in [-0.2, 0) is 6.42 Å². The summed E-state index contributed by atoms with van der Waals surface area (Å²) in [7, 11) is 6.38. The van der Waals surface area contributed by atoms with E-state index < -0.39 is 0 Å². The molecule has 0 aliphatic carbocycles. The number of nitrogens with zero attached hydrogens (tertiary/aromatic N) is 1. The third kappa shape index (κ3) is 3.34. The SMILES string of the molecule is CCC(C)(C(Cc1ccccc1Br)NC)N(C)C. The van der Waals surface area contributed by atoms with Crippen molar-refractivity contribution in [3.05, 3.63) is 34.3 Å². The van der Waals surface area contributed by atoms with Gasteiger partial charge in [0.25, 0.3) is 0 Å². The number of halogens is 1. The predicted octanol–water partition coefficient (Wildman–Crippen LogP) is 3.31. The molecule has 0 amide bonds. The average molecular weight is 313 g/mol. The van der Waals surface area contributed by atoms with Gasteiger partial charge in [-0.15, -0.1) is 0 Å². The first-order valence-corrected chi connectivity index (χ1v) is 7.33. The zero-order chi connectivity index (χ0) is 13.8. The number of benzene rings is 1. The van der Waals surface area contributed by atoms with Crippen molar-refractivity contribution in [1.29, 1.82) is 0 Å². The summed E-state index contributed by atoms with van der Waals surface area (Å²) in [6, 6.07) is 8.90. The van der Waals surface area contributed by atoms with Crippen LogP contribution >= 0.6 is 15.9 Å². The van der Waals surface area contributed by atoms with Gasteiger partial charge in [-0.2, -0.15) is 0 Å². The normalized spacial score (nSPS) is 16.6.